The lowest BCUT2D eigenvalue weighted by atomic mass is 10.1. The standard InChI is InChI=1S/C13H18N4/c1-10-4-5-11(6-13(10)17(2)3)15-8-12-7-14-9-16-12/h4-7,9,15H,8H2,1-3H3,(H,14,16). The maximum Gasteiger partial charge on any atom is 0.0922 e. The molecule has 0 radical (unpaired) electrons. The summed E-state index contributed by atoms with van der Waals surface area (Å²) in [7, 11) is 4.11. The minimum atomic E-state index is 0.760. The van der Waals surface area contributed by atoms with Gasteiger partial charge in [0.25, 0.3) is 0 Å². The number of nitrogens with zero attached hydrogens (tertiary/aromatic N) is 2. The van der Waals surface area contributed by atoms with Gasteiger partial charge in [0.15, 0.2) is 0 Å². The molecular weight excluding hydrogens is 212 g/mol. The van der Waals surface area contributed by atoms with Gasteiger partial charge in [0, 0.05) is 31.7 Å². The highest BCUT2D eigenvalue weighted by Crippen LogP contribution is 2.22. The fourth-order valence-electron chi connectivity index (χ4n) is 1.78. The van der Waals surface area contributed by atoms with Crippen molar-refractivity contribution in [3.63, 3.8) is 0 Å². The van der Waals surface area contributed by atoms with E-state index in [1.54, 1.807) is 6.33 Å². The summed E-state index contributed by atoms with van der Waals surface area (Å²) in [6.45, 7) is 2.88. The van der Waals surface area contributed by atoms with E-state index in [-0.39, 0.29) is 0 Å². The van der Waals surface area contributed by atoms with Crippen LogP contribution in [0.1, 0.15) is 11.3 Å². The molecule has 0 saturated carbocycles. The molecule has 2 aromatic rings. The summed E-state index contributed by atoms with van der Waals surface area (Å²) < 4.78 is 0. The summed E-state index contributed by atoms with van der Waals surface area (Å²) >= 11 is 0. The fraction of sp³-hybridized carbons (Fsp3) is 0.308. The Bertz CT molecular complexity index is 474. The second-order valence-corrected chi connectivity index (χ2v) is 4.33. The van der Waals surface area contributed by atoms with Crippen LogP contribution in [0.5, 0.6) is 0 Å². The van der Waals surface area contributed by atoms with Crippen molar-refractivity contribution >= 4 is 11.4 Å². The number of anilines is 2. The zero-order valence-electron chi connectivity index (χ0n) is 10.5. The Kier molecular flexibility index (Phi) is 3.32. The summed E-state index contributed by atoms with van der Waals surface area (Å²) in [6.07, 6.45) is 3.52. The molecule has 4 heteroatoms. The van der Waals surface area contributed by atoms with E-state index in [0.717, 1.165) is 17.9 Å². The molecule has 4 nitrogen and oxygen atoms in total. The van der Waals surface area contributed by atoms with Crippen molar-refractivity contribution in [1.29, 1.82) is 0 Å². The van der Waals surface area contributed by atoms with Gasteiger partial charge < -0.3 is 15.2 Å². The maximum absolute atomic E-state index is 3.99. The van der Waals surface area contributed by atoms with E-state index >= 15 is 0 Å². The summed E-state index contributed by atoms with van der Waals surface area (Å²) in [4.78, 5) is 9.18. The van der Waals surface area contributed by atoms with Gasteiger partial charge in [0.2, 0.25) is 0 Å². The van der Waals surface area contributed by atoms with Crippen LogP contribution in [0.3, 0.4) is 0 Å². The molecule has 0 amide bonds. The third kappa shape index (κ3) is 2.78. The average molecular weight is 230 g/mol. The van der Waals surface area contributed by atoms with Crippen molar-refractivity contribution in [2.24, 2.45) is 0 Å². The van der Waals surface area contributed by atoms with Crippen molar-refractivity contribution in [2.75, 3.05) is 24.3 Å². The van der Waals surface area contributed by atoms with Crippen molar-refractivity contribution in [2.45, 2.75) is 13.5 Å². The highest BCUT2D eigenvalue weighted by molar-refractivity contribution is 5.61. The smallest absolute Gasteiger partial charge is 0.0922 e. The highest BCUT2D eigenvalue weighted by Gasteiger charge is 2.02. The number of aromatic amines is 1. The Morgan fingerprint density at radius 2 is 2.18 bits per heavy atom. The van der Waals surface area contributed by atoms with Crippen LogP contribution in [-0.4, -0.2) is 24.1 Å². The van der Waals surface area contributed by atoms with Gasteiger partial charge >= 0.3 is 0 Å². The molecule has 0 unspecified atom stereocenters. The van der Waals surface area contributed by atoms with Crippen LogP contribution in [0.2, 0.25) is 0 Å². The maximum atomic E-state index is 3.99. The molecule has 0 aliphatic rings. The molecule has 0 atom stereocenters. The number of aryl methyl sites for hydroxylation is 1. The van der Waals surface area contributed by atoms with Gasteiger partial charge in [-0.1, -0.05) is 6.07 Å². The van der Waals surface area contributed by atoms with E-state index in [9.17, 15) is 0 Å². The number of benzene rings is 1. The molecule has 0 bridgehead atoms. The zero-order chi connectivity index (χ0) is 12.3. The first-order valence-electron chi connectivity index (χ1n) is 5.66. The normalized spacial score (nSPS) is 10.3. The molecule has 1 heterocycles. The minimum absolute atomic E-state index is 0.760. The molecule has 2 N–H and O–H groups in total. The molecular formula is C13H18N4. The lowest BCUT2D eigenvalue weighted by Crippen LogP contribution is -2.11. The summed E-state index contributed by atoms with van der Waals surface area (Å²) in [5.41, 5.74) is 4.72. The van der Waals surface area contributed by atoms with Gasteiger partial charge in [-0.05, 0) is 24.6 Å². The molecule has 1 aromatic carbocycles. The van der Waals surface area contributed by atoms with E-state index in [2.05, 4.69) is 59.4 Å². The van der Waals surface area contributed by atoms with Gasteiger partial charge in [-0.15, -0.1) is 0 Å². The number of rotatable bonds is 4. The predicted octanol–water partition coefficient (Wildman–Crippen LogP) is 2.40. The topological polar surface area (TPSA) is 44.0 Å². The Hall–Kier alpha value is -1.97. The summed E-state index contributed by atoms with van der Waals surface area (Å²) in [6, 6.07) is 6.38. The van der Waals surface area contributed by atoms with Gasteiger partial charge in [-0.3, -0.25) is 0 Å². The van der Waals surface area contributed by atoms with Crippen LogP contribution in [-0.2, 0) is 6.54 Å². The van der Waals surface area contributed by atoms with Crippen LogP contribution in [0.4, 0.5) is 11.4 Å². The molecule has 0 aliphatic carbocycles. The molecule has 0 fully saturated rings. The van der Waals surface area contributed by atoms with Crippen molar-refractivity contribution < 1.29 is 0 Å². The van der Waals surface area contributed by atoms with Crippen LogP contribution >= 0.6 is 0 Å². The number of imidazole rings is 1. The van der Waals surface area contributed by atoms with Gasteiger partial charge in [0.05, 0.1) is 18.6 Å². The molecule has 90 valence electrons. The van der Waals surface area contributed by atoms with Crippen LogP contribution in [0.15, 0.2) is 30.7 Å². The molecule has 0 aliphatic heterocycles. The predicted molar refractivity (Wildman–Crippen MR) is 71.4 cm³/mol. The monoisotopic (exact) mass is 230 g/mol. The zero-order valence-corrected chi connectivity index (χ0v) is 10.5. The highest BCUT2D eigenvalue weighted by atomic mass is 15.1. The first-order chi connectivity index (χ1) is 8.16. The van der Waals surface area contributed by atoms with Gasteiger partial charge in [-0.2, -0.15) is 0 Å². The fourth-order valence-corrected chi connectivity index (χ4v) is 1.78. The van der Waals surface area contributed by atoms with Crippen LogP contribution in [0.25, 0.3) is 0 Å². The second-order valence-electron chi connectivity index (χ2n) is 4.33. The SMILES string of the molecule is Cc1ccc(NCc2cnc[nH]2)cc1N(C)C. The first-order valence-corrected chi connectivity index (χ1v) is 5.66. The molecule has 17 heavy (non-hydrogen) atoms. The lowest BCUT2D eigenvalue weighted by Gasteiger charge is -2.17. The van der Waals surface area contributed by atoms with Crippen LogP contribution < -0.4 is 10.2 Å². The molecule has 0 saturated heterocycles. The largest absolute Gasteiger partial charge is 0.379 e. The van der Waals surface area contributed by atoms with E-state index in [4.69, 9.17) is 0 Å². The minimum Gasteiger partial charge on any atom is -0.379 e. The number of hydrogen-bond acceptors (Lipinski definition) is 3. The van der Waals surface area contributed by atoms with E-state index in [0.29, 0.717) is 0 Å². The molecule has 0 spiro atoms. The van der Waals surface area contributed by atoms with Gasteiger partial charge in [0.1, 0.15) is 0 Å². The first kappa shape index (κ1) is 11.5. The Morgan fingerprint density at radius 1 is 1.35 bits per heavy atom. The number of aromatic nitrogens is 2. The van der Waals surface area contributed by atoms with Gasteiger partial charge in [-0.25, -0.2) is 4.98 Å². The number of nitrogens with one attached hydrogen (secondary N) is 2. The van der Waals surface area contributed by atoms with Crippen molar-refractivity contribution in [3.8, 4) is 0 Å². The van der Waals surface area contributed by atoms with E-state index in [1.165, 1.54) is 11.3 Å². The van der Waals surface area contributed by atoms with Crippen molar-refractivity contribution in [1.82, 2.24) is 9.97 Å². The van der Waals surface area contributed by atoms with Crippen molar-refractivity contribution in [3.05, 3.63) is 42.0 Å². The quantitative estimate of drug-likeness (QED) is 0.847. The third-order valence-corrected chi connectivity index (χ3v) is 2.73. The van der Waals surface area contributed by atoms with E-state index < -0.39 is 0 Å². The Balaban J connectivity index is 2.09. The Morgan fingerprint density at radius 3 is 2.82 bits per heavy atom. The number of hydrogen-bond donors (Lipinski definition) is 2. The second kappa shape index (κ2) is 4.91. The Labute approximate surface area is 102 Å². The molecule has 2 rings (SSSR count). The summed E-state index contributed by atoms with van der Waals surface area (Å²) in [5.74, 6) is 0. The third-order valence-electron chi connectivity index (χ3n) is 2.73. The molecule has 1 aromatic heterocycles. The number of H-pyrrole nitrogens is 1. The van der Waals surface area contributed by atoms with Crippen LogP contribution in [0, 0.1) is 6.92 Å². The summed E-state index contributed by atoms with van der Waals surface area (Å²) in [5, 5.41) is 3.37. The lowest BCUT2D eigenvalue weighted by molar-refractivity contribution is 1.07. The average Bonchev–Trinajstić information content (AvgIpc) is 2.80. The van der Waals surface area contributed by atoms with E-state index in [1.807, 2.05) is 6.20 Å².